The van der Waals surface area contributed by atoms with Crippen molar-refractivity contribution in [2.45, 2.75) is 26.7 Å². The molecule has 0 aliphatic carbocycles. The third-order valence-electron chi connectivity index (χ3n) is 4.09. The molecule has 0 bridgehead atoms. The van der Waals surface area contributed by atoms with E-state index in [1.165, 1.54) is 0 Å². The van der Waals surface area contributed by atoms with Crippen LogP contribution in [0.1, 0.15) is 34.3 Å². The van der Waals surface area contributed by atoms with Gasteiger partial charge in [0.15, 0.2) is 0 Å². The van der Waals surface area contributed by atoms with Crippen LogP contribution in [0.4, 0.5) is 5.69 Å². The largest absolute Gasteiger partial charge is 0.352 e. The van der Waals surface area contributed by atoms with Crippen LogP contribution in [-0.4, -0.2) is 30.8 Å². The maximum absolute atomic E-state index is 12.0. The lowest BCUT2D eigenvalue weighted by Crippen LogP contribution is -2.33. The van der Waals surface area contributed by atoms with E-state index in [1.807, 2.05) is 38.1 Å². The van der Waals surface area contributed by atoms with Gasteiger partial charge in [-0.2, -0.15) is 0 Å². The van der Waals surface area contributed by atoms with Crippen molar-refractivity contribution in [2.24, 2.45) is 0 Å². The van der Waals surface area contributed by atoms with Crippen molar-refractivity contribution in [3.8, 4) is 0 Å². The van der Waals surface area contributed by atoms with Crippen LogP contribution >= 0.6 is 0 Å². The standard InChI is InChI=1S/C21H25N3O3/c1-15-8-6-9-16(2)20(15)24-19(26)14-23-18(25)12-7-13-22-21(27)17-10-4-3-5-11-17/h3-6,8-11H,7,12-14H2,1-2H3,(H,22,27)(H,23,25)(H,24,26). The Morgan fingerprint density at radius 3 is 2.15 bits per heavy atom. The summed E-state index contributed by atoms with van der Waals surface area (Å²) in [4.78, 5) is 35.7. The molecule has 0 unspecified atom stereocenters. The van der Waals surface area contributed by atoms with E-state index in [1.54, 1.807) is 24.3 Å². The number of rotatable bonds is 8. The number of hydrogen-bond donors (Lipinski definition) is 3. The summed E-state index contributed by atoms with van der Waals surface area (Å²) in [7, 11) is 0. The molecule has 0 atom stereocenters. The normalized spacial score (nSPS) is 10.1. The van der Waals surface area contributed by atoms with Gasteiger partial charge in [-0.3, -0.25) is 14.4 Å². The zero-order chi connectivity index (χ0) is 19.6. The van der Waals surface area contributed by atoms with Gasteiger partial charge in [-0.05, 0) is 43.5 Å². The van der Waals surface area contributed by atoms with E-state index < -0.39 is 0 Å². The Hall–Kier alpha value is -3.15. The van der Waals surface area contributed by atoms with Crippen molar-refractivity contribution in [3.05, 3.63) is 65.2 Å². The lowest BCUT2D eigenvalue weighted by Gasteiger charge is -2.12. The highest BCUT2D eigenvalue weighted by atomic mass is 16.2. The number of hydrogen-bond acceptors (Lipinski definition) is 3. The van der Waals surface area contributed by atoms with Gasteiger partial charge in [-0.25, -0.2) is 0 Å². The van der Waals surface area contributed by atoms with Gasteiger partial charge in [0.1, 0.15) is 0 Å². The maximum Gasteiger partial charge on any atom is 0.251 e. The van der Waals surface area contributed by atoms with Gasteiger partial charge in [0.25, 0.3) is 5.91 Å². The third kappa shape index (κ3) is 6.58. The first kappa shape index (κ1) is 20.2. The molecule has 0 aromatic heterocycles. The topological polar surface area (TPSA) is 87.3 Å². The zero-order valence-corrected chi connectivity index (χ0v) is 15.7. The maximum atomic E-state index is 12.0. The van der Waals surface area contributed by atoms with Gasteiger partial charge in [0.2, 0.25) is 11.8 Å². The minimum Gasteiger partial charge on any atom is -0.352 e. The van der Waals surface area contributed by atoms with Gasteiger partial charge in [0, 0.05) is 24.2 Å². The van der Waals surface area contributed by atoms with E-state index in [9.17, 15) is 14.4 Å². The Morgan fingerprint density at radius 1 is 0.815 bits per heavy atom. The van der Waals surface area contributed by atoms with Crippen LogP contribution in [0.15, 0.2) is 48.5 Å². The Bertz CT molecular complexity index is 783. The molecular formula is C21H25N3O3. The van der Waals surface area contributed by atoms with Gasteiger partial charge in [-0.1, -0.05) is 36.4 Å². The van der Waals surface area contributed by atoms with E-state index in [0.717, 1.165) is 16.8 Å². The lowest BCUT2D eigenvalue weighted by atomic mass is 10.1. The summed E-state index contributed by atoms with van der Waals surface area (Å²) in [6, 6.07) is 14.7. The molecule has 3 amide bonds. The van der Waals surface area contributed by atoms with E-state index >= 15 is 0 Å². The first-order valence-corrected chi connectivity index (χ1v) is 8.93. The molecule has 3 N–H and O–H groups in total. The zero-order valence-electron chi connectivity index (χ0n) is 15.7. The van der Waals surface area contributed by atoms with Crippen molar-refractivity contribution in [1.29, 1.82) is 0 Å². The van der Waals surface area contributed by atoms with Gasteiger partial charge in [0.05, 0.1) is 6.54 Å². The van der Waals surface area contributed by atoms with Crippen molar-refractivity contribution in [3.63, 3.8) is 0 Å². The molecule has 0 heterocycles. The van der Waals surface area contributed by atoms with Crippen LogP contribution in [0.3, 0.4) is 0 Å². The van der Waals surface area contributed by atoms with Crippen LogP contribution in [0.5, 0.6) is 0 Å². The molecule has 6 heteroatoms. The van der Waals surface area contributed by atoms with Crippen LogP contribution in [0.25, 0.3) is 0 Å². The quantitative estimate of drug-likeness (QED) is 0.627. The molecule has 142 valence electrons. The SMILES string of the molecule is Cc1cccc(C)c1NC(=O)CNC(=O)CCCNC(=O)c1ccccc1. The lowest BCUT2D eigenvalue weighted by molar-refractivity contribution is -0.124. The first-order chi connectivity index (χ1) is 13.0. The number of benzene rings is 2. The second kappa shape index (κ2) is 10.1. The summed E-state index contributed by atoms with van der Waals surface area (Å²) in [5.74, 6) is -0.650. The molecule has 0 saturated carbocycles. The molecular weight excluding hydrogens is 342 g/mol. The minimum absolute atomic E-state index is 0.0804. The summed E-state index contributed by atoms with van der Waals surface area (Å²) in [5.41, 5.74) is 3.32. The number of amides is 3. The molecule has 2 rings (SSSR count). The number of carbonyl (C=O) groups excluding carboxylic acids is 3. The van der Waals surface area contributed by atoms with Crippen molar-refractivity contribution < 1.29 is 14.4 Å². The highest BCUT2D eigenvalue weighted by Gasteiger charge is 2.09. The number of carbonyl (C=O) groups is 3. The number of nitrogens with one attached hydrogen (secondary N) is 3. The Balaban J connectivity index is 1.64. The monoisotopic (exact) mass is 367 g/mol. The van der Waals surface area contributed by atoms with Crippen molar-refractivity contribution >= 4 is 23.4 Å². The summed E-state index contributed by atoms with van der Waals surface area (Å²) in [5, 5.41) is 8.19. The smallest absolute Gasteiger partial charge is 0.251 e. The van der Waals surface area contributed by atoms with Gasteiger partial charge < -0.3 is 16.0 Å². The predicted octanol–water partition coefficient (Wildman–Crippen LogP) is 2.57. The second-order valence-electron chi connectivity index (χ2n) is 6.32. The summed E-state index contributed by atoms with van der Waals surface area (Å²) >= 11 is 0. The molecule has 0 spiro atoms. The van der Waals surface area contributed by atoms with Crippen molar-refractivity contribution in [1.82, 2.24) is 10.6 Å². The number of para-hydroxylation sites is 1. The molecule has 2 aromatic carbocycles. The molecule has 2 aromatic rings. The number of anilines is 1. The molecule has 0 saturated heterocycles. The van der Waals surface area contributed by atoms with Crippen LogP contribution < -0.4 is 16.0 Å². The predicted molar refractivity (Wildman–Crippen MR) is 106 cm³/mol. The first-order valence-electron chi connectivity index (χ1n) is 8.93. The average molecular weight is 367 g/mol. The third-order valence-corrected chi connectivity index (χ3v) is 4.09. The van der Waals surface area contributed by atoms with Gasteiger partial charge in [-0.15, -0.1) is 0 Å². The highest BCUT2D eigenvalue weighted by molar-refractivity contribution is 5.96. The summed E-state index contributed by atoms with van der Waals surface area (Å²) in [6.45, 7) is 4.16. The van der Waals surface area contributed by atoms with Gasteiger partial charge >= 0.3 is 0 Å². The van der Waals surface area contributed by atoms with E-state index in [0.29, 0.717) is 18.5 Å². The second-order valence-corrected chi connectivity index (χ2v) is 6.32. The van der Waals surface area contributed by atoms with Crippen LogP contribution in [-0.2, 0) is 9.59 Å². The van der Waals surface area contributed by atoms with Crippen LogP contribution in [0, 0.1) is 13.8 Å². The highest BCUT2D eigenvalue weighted by Crippen LogP contribution is 2.18. The summed E-state index contributed by atoms with van der Waals surface area (Å²) < 4.78 is 0. The van der Waals surface area contributed by atoms with E-state index in [4.69, 9.17) is 0 Å². The number of aryl methyl sites for hydroxylation is 2. The minimum atomic E-state index is -0.266. The average Bonchev–Trinajstić information content (AvgIpc) is 2.67. The molecule has 0 aliphatic heterocycles. The Morgan fingerprint density at radius 2 is 1.48 bits per heavy atom. The Kier molecular flexibility index (Phi) is 7.55. The fraction of sp³-hybridized carbons (Fsp3) is 0.286. The van der Waals surface area contributed by atoms with Crippen LogP contribution in [0.2, 0.25) is 0 Å². The molecule has 6 nitrogen and oxygen atoms in total. The Labute approximate surface area is 159 Å². The summed E-state index contributed by atoms with van der Waals surface area (Å²) in [6.07, 6.45) is 0.745. The fourth-order valence-electron chi connectivity index (χ4n) is 2.60. The molecule has 0 aliphatic rings. The fourth-order valence-corrected chi connectivity index (χ4v) is 2.60. The van der Waals surface area contributed by atoms with Crippen molar-refractivity contribution in [2.75, 3.05) is 18.4 Å². The van der Waals surface area contributed by atoms with E-state index in [-0.39, 0.29) is 30.7 Å². The molecule has 0 radical (unpaired) electrons. The molecule has 0 fully saturated rings. The molecule has 27 heavy (non-hydrogen) atoms. The van der Waals surface area contributed by atoms with E-state index in [2.05, 4.69) is 16.0 Å².